The van der Waals surface area contributed by atoms with Crippen molar-refractivity contribution >= 4 is 41.0 Å². The van der Waals surface area contributed by atoms with Crippen LogP contribution in [0.15, 0.2) is 30.5 Å². The monoisotopic (exact) mass is 435 g/mol. The third-order valence-corrected chi connectivity index (χ3v) is 6.12. The molecule has 2 aliphatic rings. The van der Waals surface area contributed by atoms with Gasteiger partial charge in [-0.3, -0.25) is 14.4 Å². The van der Waals surface area contributed by atoms with Gasteiger partial charge in [0.15, 0.2) is 5.82 Å². The van der Waals surface area contributed by atoms with Gasteiger partial charge in [-0.2, -0.15) is 5.10 Å². The number of halogens is 2. The molecular weight excluding hydrogens is 413 g/mol. The lowest BCUT2D eigenvalue weighted by Gasteiger charge is -2.29. The number of aromatic nitrogens is 2. The molecule has 2 fully saturated rings. The fraction of sp³-hybridized carbons (Fsp3) is 0.450. The van der Waals surface area contributed by atoms with Gasteiger partial charge in [0.05, 0.1) is 10.6 Å². The van der Waals surface area contributed by atoms with Crippen molar-refractivity contribution < 1.29 is 9.59 Å². The van der Waals surface area contributed by atoms with Crippen molar-refractivity contribution in [1.29, 1.82) is 0 Å². The van der Waals surface area contributed by atoms with Crippen molar-refractivity contribution in [1.82, 2.24) is 20.4 Å². The minimum Gasteiger partial charge on any atom is -0.349 e. The van der Waals surface area contributed by atoms with Crippen LogP contribution in [0.5, 0.6) is 0 Å². The van der Waals surface area contributed by atoms with Gasteiger partial charge in [0.25, 0.3) is 5.91 Å². The molecule has 0 atom stereocenters. The van der Waals surface area contributed by atoms with E-state index < -0.39 is 0 Å². The minimum atomic E-state index is -0.179. The van der Waals surface area contributed by atoms with Crippen LogP contribution in [-0.2, 0) is 6.54 Å². The molecule has 1 aliphatic heterocycles. The first-order chi connectivity index (χ1) is 14.0. The van der Waals surface area contributed by atoms with Crippen molar-refractivity contribution in [3.05, 3.63) is 46.1 Å². The minimum absolute atomic E-state index is 0.0914. The van der Waals surface area contributed by atoms with Crippen LogP contribution < -0.4 is 15.5 Å². The molecule has 0 bridgehead atoms. The number of hydrogen-bond donors (Lipinski definition) is 2. The van der Waals surface area contributed by atoms with Crippen molar-refractivity contribution in [2.45, 2.75) is 38.3 Å². The zero-order valence-electron chi connectivity index (χ0n) is 15.9. The Labute approximate surface area is 179 Å². The standard InChI is InChI=1S/C20H23Cl2N5O2/c21-14-3-6-17(22)16(11-14)19(28)24-15-4-1-13(2-5-15)12-26-9-7-18(25-26)27-10-8-23-20(27)29/h3,6-7,9,11,13,15H,1-2,4-5,8,10,12H2,(H,23,29)(H,24,28). The number of benzene rings is 1. The van der Waals surface area contributed by atoms with Crippen LogP contribution in [0.25, 0.3) is 0 Å². The van der Waals surface area contributed by atoms with Gasteiger partial charge in [0.1, 0.15) is 0 Å². The van der Waals surface area contributed by atoms with Crippen LogP contribution in [0.1, 0.15) is 36.0 Å². The van der Waals surface area contributed by atoms with Gasteiger partial charge in [-0.25, -0.2) is 4.79 Å². The van der Waals surface area contributed by atoms with E-state index in [1.807, 2.05) is 16.9 Å². The first kappa shape index (κ1) is 20.0. The van der Waals surface area contributed by atoms with Crippen LogP contribution in [0.4, 0.5) is 10.6 Å². The summed E-state index contributed by atoms with van der Waals surface area (Å²) in [5.41, 5.74) is 0.413. The van der Waals surface area contributed by atoms with Crippen LogP contribution in [-0.4, -0.2) is 40.9 Å². The average molecular weight is 436 g/mol. The van der Waals surface area contributed by atoms with Crippen LogP contribution >= 0.6 is 23.2 Å². The summed E-state index contributed by atoms with van der Waals surface area (Å²) in [5, 5.41) is 11.3. The zero-order chi connectivity index (χ0) is 20.4. The Kier molecular flexibility index (Phi) is 5.96. The molecule has 29 heavy (non-hydrogen) atoms. The molecule has 154 valence electrons. The van der Waals surface area contributed by atoms with E-state index in [1.54, 1.807) is 23.1 Å². The number of nitrogens with zero attached hydrogens (tertiary/aromatic N) is 3. The average Bonchev–Trinajstić information content (AvgIpc) is 3.33. The second-order valence-electron chi connectivity index (χ2n) is 7.59. The van der Waals surface area contributed by atoms with E-state index >= 15 is 0 Å². The molecule has 1 aromatic carbocycles. The molecule has 1 aromatic heterocycles. The van der Waals surface area contributed by atoms with Gasteiger partial charge in [0.2, 0.25) is 0 Å². The fourth-order valence-electron chi connectivity index (χ4n) is 3.98. The highest BCUT2D eigenvalue weighted by Gasteiger charge is 2.26. The maximum Gasteiger partial charge on any atom is 0.323 e. The van der Waals surface area contributed by atoms with E-state index in [0.29, 0.717) is 40.4 Å². The highest BCUT2D eigenvalue weighted by Crippen LogP contribution is 2.27. The van der Waals surface area contributed by atoms with Crippen LogP contribution in [0.3, 0.4) is 0 Å². The van der Waals surface area contributed by atoms with Crippen LogP contribution in [0, 0.1) is 5.92 Å². The molecule has 2 N–H and O–H groups in total. The molecule has 0 spiro atoms. The largest absolute Gasteiger partial charge is 0.349 e. The quantitative estimate of drug-likeness (QED) is 0.750. The zero-order valence-corrected chi connectivity index (χ0v) is 17.4. The number of rotatable bonds is 5. The van der Waals surface area contributed by atoms with E-state index in [9.17, 15) is 9.59 Å². The third-order valence-electron chi connectivity index (χ3n) is 5.56. The van der Waals surface area contributed by atoms with Crippen molar-refractivity contribution in [2.24, 2.45) is 5.92 Å². The molecule has 3 amide bonds. The Morgan fingerprint density at radius 1 is 1.21 bits per heavy atom. The van der Waals surface area contributed by atoms with E-state index in [0.717, 1.165) is 32.2 Å². The van der Waals surface area contributed by atoms with Gasteiger partial charge in [0, 0.05) is 43.0 Å². The van der Waals surface area contributed by atoms with Crippen molar-refractivity contribution in [3.63, 3.8) is 0 Å². The number of urea groups is 1. The van der Waals surface area contributed by atoms with Gasteiger partial charge in [-0.1, -0.05) is 23.2 Å². The Bertz CT molecular complexity index is 908. The SMILES string of the molecule is O=C(NC1CCC(Cn2ccc(N3CCNC3=O)n2)CC1)c1cc(Cl)ccc1Cl. The molecule has 1 aliphatic carbocycles. The number of hydrogen-bond acceptors (Lipinski definition) is 3. The van der Waals surface area contributed by atoms with Gasteiger partial charge < -0.3 is 10.6 Å². The summed E-state index contributed by atoms with van der Waals surface area (Å²) in [5.74, 6) is 1.01. The van der Waals surface area contributed by atoms with Crippen molar-refractivity contribution in [2.75, 3.05) is 18.0 Å². The molecule has 2 aromatic rings. The predicted molar refractivity (Wildman–Crippen MR) is 113 cm³/mol. The summed E-state index contributed by atoms with van der Waals surface area (Å²) < 4.78 is 1.91. The van der Waals surface area contributed by atoms with Crippen LogP contribution in [0.2, 0.25) is 10.0 Å². The Morgan fingerprint density at radius 3 is 2.72 bits per heavy atom. The molecule has 4 rings (SSSR count). The Morgan fingerprint density at radius 2 is 2.00 bits per heavy atom. The number of nitrogens with one attached hydrogen (secondary N) is 2. The summed E-state index contributed by atoms with van der Waals surface area (Å²) in [4.78, 5) is 25.9. The van der Waals surface area contributed by atoms with Gasteiger partial charge >= 0.3 is 6.03 Å². The van der Waals surface area contributed by atoms with E-state index in [2.05, 4.69) is 15.7 Å². The van der Waals surface area contributed by atoms with E-state index in [-0.39, 0.29) is 18.0 Å². The molecule has 0 radical (unpaired) electrons. The number of carbonyl (C=O) groups is 2. The summed E-state index contributed by atoms with van der Waals surface area (Å²) in [6, 6.07) is 6.83. The molecule has 1 saturated heterocycles. The van der Waals surface area contributed by atoms with E-state index in [4.69, 9.17) is 23.2 Å². The fourth-order valence-corrected chi connectivity index (χ4v) is 4.35. The lowest BCUT2D eigenvalue weighted by molar-refractivity contribution is 0.0920. The second-order valence-corrected chi connectivity index (χ2v) is 8.44. The van der Waals surface area contributed by atoms with E-state index in [1.165, 1.54) is 0 Å². The first-order valence-electron chi connectivity index (χ1n) is 9.84. The topological polar surface area (TPSA) is 79.3 Å². The summed E-state index contributed by atoms with van der Waals surface area (Å²) in [7, 11) is 0. The lowest BCUT2D eigenvalue weighted by Crippen LogP contribution is -2.38. The Balaban J connectivity index is 1.27. The highest BCUT2D eigenvalue weighted by atomic mass is 35.5. The van der Waals surface area contributed by atoms with Gasteiger partial charge in [-0.15, -0.1) is 0 Å². The number of carbonyl (C=O) groups excluding carboxylic acids is 2. The number of amides is 3. The third kappa shape index (κ3) is 4.67. The maximum absolute atomic E-state index is 12.5. The molecule has 1 saturated carbocycles. The molecule has 0 unspecified atom stereocenters. The number of anilines is 1. The van der Waals surface area contributed by atoms with Gasteiger partial charge in [-0.05, 0) is 49.8 Å². The molecular formula is C20H23Cl2N5O2. The molecule has 7 nitrogen and oxygen atoms in total. The molecule has 9 heteroatoms. The van der Waals surface area contributed by atoms with Crippen molar-refractivity contribution in [3.8, 4) is 0 Å². The summed E-state index contributed by atoms with van der Waals surface area (Å²) in [6.45, 7) is 2.12. The second kappa shape index (κ2) is 8.63. The smallest absolute Gasteiger partial charge is 0.323 e. The predicted octanol–water partition coefficient (Wildman–Crippen LogP) is 3.71. The first-order valence-corrected chi connectivity index (χ1v) is 10.6. The lowest BCUT2D eigenvalue weighted by atomic mass is 9.86. The summed E-state index contributed by atoms with van der Waals surface area (Å²) in [6.07, 6.45) is 5.77. The normalized spacial score (nSPS) is 21.9. The maximum atomic E-state index is 12.5. The highest BCUT2D eigenvalue weighted by molar-refractivity contribution is 6.35. The summed E-state index contributed by atoms with van der Waals surface area (Å²) >= 11 is 12.1. The Hall–Kier alpha value is -2.25. The molecule has 2 heterocycles.